The smallest absolute Gasteiger partial charge is 0.0234 e. The van der Waals surface area contributed by atoms with E-state index in [0.717, 1.165) is 32.6 Å². The molecule has 1 aromatic rings. The van der Waals surface area contributed by atoms with Crippen LogP contribution in [0.4, 0.5) is 0 Å². The maximum Gasteiger partial charge on any atom is 0.0234 e. The van der Waals surface area contributed by atoms with E-state index in [2.05, 4.69) is 47.2 Å². The molecule has 0 bridgehead atoms. The van der Waals surface area contributed by atoms with Gasteiger partial charge in [-0.25, -0.2) is 0 Å². The highest BCUT2D eigenvalue weighted by molar-refractivity contribution is 5.14. The number of rotatable bonds is 4. The van der Waals surface area contributed by atoms with Gasteiger partial charge in [0.1, 0.15) is 0 Å². The standard InChI is InChI=1S/C15H25N3/c1-17-9-10-18(13-15(11-17)7-8-16)12-14-5-3-2-4-6-14/h2-6,15H,7-13,16H2,1H3. The van der Waals surface area contributed by atoms with Gasteiger partial charge in [-0.05, 0) is 31.5 Å². The van der Waals surface area contributed by atoms with Crippen molar-refractivity contribution < 1.29 is 0 Å². The highest BCUT2D eigenvalue weighted by Gasteiger charge is 2.20. The lowest BCUT2D eigenvalue weighted by Crippen LogP contribution is -2.30. The van der Waals surface area contributed by atoms with Crippen LogP contribution in [-0.4, -0.2) is 49.6 Å². The molecule has 1 aliphatic rings. The fraction of sp³-hybridized carbons (Fsp3) is 0.600. The number of nitrogens with two attached hydrogens (primary N) is 1. The molecule has 0 radical (unpaired) electrons. The number of benzene rings is 1. The van der Waals surface area contributed by atoms with Crippen LogP contribution in [0.2, 0.25) is 0 Å². The minimum absolute atomic E-state index is 0.714. The van der Waals surface area contributed by atoms with Crippen LogP contribution in [0.1, 0.15) is 12.0 Å². The number of nitrogens with zero attached hydrogens (tertiary/aromatic N) is 2. The second-order valence-electron chi connectivity index (χ2n) is 5.43. The zero-order valence-electron chi connectivity index (χ0n) is 11.4. The maximum absolute atomic E-state index is 5.72. The quantitative estimate of drug-likeness (QED) is 0.873. The molecule has 2 rings (SSSR count). The van der Waals surface area contributed by atoms with Crippen LogP contribution in [-0.2, 0) is 6.54 Å². The Hall–Kier alpha value is -0.900. The average molecular weight is 247 g/mol. The van der Waals surface area contributed by atoms with Crippen LogP contribution in [0, 0.1) is 5.92 Å². The highest BCUT2D eigenvalue weighted by atomic mass is 15.2. The van der Waals surface area contributed by atoms with Crippen LogP contribution in [0.3, 0.4) is 0 Å². The van der Waals surface area contributed by atoms with Gasteiger partial charge in [0.25, 0.3) is 0 Å². The maximum atomic E-state index is 5.72. The van der Waals surface area contributed by atoms with E-state index >= 15 is 0 Å². The van der Waals surface area contributed by atoms with Gasteiger partial charge in [0, 0.05) is 32.7 Å². The van der Waals surface area contributed by atoms with Crippen LogP contribution >= 0.6 is 0 Å². The van der Waals surface area contributed by atoms with Crippen LogP contribution in [0.25, 0.3) is 0 Å². The van der Waals surface area contributed by atoms with E-state index in [9.17, 15) is 0 Å². The summed E-state index contributed by atoms with van der Waals surface area (Å²) in [7, 11) is 2.22. The molecule has 0 aliphatic carbocycles. The van der Waals surface area contributed by atoms with Gasteiger partial charge in [-0.1, -0.05) is 30.3 Å². The molecular formula is C15H25N3. The fourth-order valence-electron chi connectivity index (χ4n) is 2.76. The van der Waals surface area contributed by atoms with Gasteiger partial charge in [-0.15, -0.1) is 0 Å². The second kappa shape index (κ2) is 6.88. The minimum Gasteiger partial charge on any atom is -0.330 e. The molecule has 1 heterocycles. The normalized spacial score (nSPS) is 22.9. The van der Waals surface area contributed by atoms with Gasteiger partial charge in [0.05, 0.1) is 0 Å². The summed E-state index contributed by atoms with van der Waals surface area (Å²) in [5, 5.41) is 0. The van der Waals surface area contributed by atoms with Gasteiger partial charge < -0.3 is 10.6 Å². The molecule has 0 aromatic heterocycles. The van der Waals surface area contributed by atoms with Crippen molar-refractivity contribution in [2.75, 3.05) is 39.8 Å². The summed E-state index contributed by atoms with van der Waals surface area (Å²) < 4.78 is 0. The highest BCUT2D eigenvalue weighted by Crippen LogP contribution is 2.14. The molecule has 1 unspecified atom stereocenters. The summed E-state index contributed by atoms with van der Waals surface area (Å²) in [6.45, 7) is 6.55. The van der Waals surface area contributed by atoms with Crippen LogP contribution < -0.4 is 5.73 Å². The number of hydrogen-bond donors (Lipinski definition) is 1. The lowest BCUT2D eigenvalue weighted by molar-refractivity contribution is 0.245. The Bertz CT molecular complexity index is 339. The largest absolute Gasteiger partial charge is 0.330 e. The molecule has 3 heteroatoms. The summed E-state index contributed by atoms with van der Waals surface area (Å²) in [6, 6.07) is 10.8. The first-order valence-corrected chi connectivity index (χ1v) is 6.93. The summed E-state index contributed by atoms with van der Waals surface area (Å²) in [5.74, 6) is 0.714. The van der Waals surface area contributed by atoms with Gasteiger partial charge in [-0.3, -0.25) is 4.90 Å². The van der Waals surface area contributed by atoms with Crippen molar-refractivity contribution in [3.05, 3.63) is 35.9 Å². The number of likely N-dealkylation sites (N-methyl/N-ethyl adjacent to an activating group) is 1. The predicted octanol–water partition coefficient (Wildman–Crippen LogP) is 1.40. The third kappa shape index (κ3) is 4.09. The molecule has 100 valence electrons. The Morgan fingerprint density at radius 1 is 1.17 bits per heavy atom. The molecule has 0 spiro atoms. The first kappa shape index (κ1) is 13.5. The Morgan fingerprint density at radius 2 is 1.94 bits per heavy atom. The monoisotopic (exact) mass is 247 g/mol. The van der Waals surface area contributed by atoms with E-state index in [1.165, 1.54) is 18.7 Å². The zero-order chi connectivity index (χ0) is 12.8. The molecule has 0 saturated carbocycles. The summed E-state index contributed by atoms with van der Waals surface area (Å²) in [4.78, 5) is 5.00. The van der Waals surface area contributed by atoms with Crippen molar-refractivity contribution >= 4 is 0 Å². The summed E-state index contributed by atoms with van der Waals surface area (Å²) >= 11 is 0. The minimum atomic E-state index is 0.714. The lowest BCUT2D eigenvalue weighted by atomic mass is 10.0. The van der Waals surface area contributed by atoms with Crippen molar-refractivity contribution in [2.45, 2.75) is 13.0 Å². The van der Waals surface area contributed by atoms with Gasteiger partial charge >= 0.3 is 0 Å². The first-order chi connectivity index (χ1) is 8.78. The SMILES string of the molecule is CN1CCN(Cc2ccccc2)CC(CCN)C1. The third-order valence-electron chi connectivity index (χ3n) is 3.71. The molecule has 1 fully saturated rings. The molecule has 1 saturated heterocycles. The third-order valence-corrected chi connectivity index (χ3v) is 3.71. The van der Waals surface area contributed by atoms with Crippen molar-refractivity contribution in [3.63, 3.8) is 0 Å². The molecule has 1 aliphatic heterocycles. The zero-order valence-corrected chi connectivity index (χ0v) is 11.4. The van der Waals surface area contributed by atoms with Crippen LogP contribution in [0.5, 0.6) is 0 Å². The van der Waals surface area contributed by atoms with Crippen LogP contribution in [0.15, 0.2) is 30.3 Å². The molecular weight excluding hydrogens is 222 g/mol. The Kier molecular flexibility index (Phi) is 5.17. The predicted molar refractivity (Wildman–Crippen MR) is 76.4 cm³/mol. The topological polar surface area (TPSA) is 32.5 Å². The Morgan fingerprint density at radius 3 is 2.67 bits per heavy atom. The van der Waals surface area contributed by atoms with E-state index in [0.29, 0.717) is 5.92 Å². The molecule has 3 nitrogen and oxygen atoms in total. The lowest BCUT2D eigenvalue weighted by Gasteiger charge is -2.23. The van der Waals surface area contributed by atoms with E-state index in [4.69, 9.17) is 5.73 Å². The first-order valence-electron chi connectivity index (χ1n) is 6.93. The average Bonchev–Trinajstić information content (AvgIpc) is 2.53. The van der Waals surface area contributed by atoms with Gasteiger partial charge in [0.2, 0.25) is 0 Å². The Balaban J connectivity index is 1.94. The van der Waals surface area contributed by atoms with E-state index < -0.39 is 0 Å². The van der Waals surface area contributed by atoms with Crippen molar-refractivity contribution in [1.82, 2.24) is 9.80 Å². The Labute approximate surface area is 111 Å². The van der Waals surface area contributed by atoms with E-state index in [1.807, 2.05) is 0 Å². The molecule has 18 heavy (non-hydrogen) atoms. The molecule has 2 N–H and O–H groups in total. The van der Waals surface area contributed by atoms with E-state index in [-0.39, 0.29) is 0 Å². The fourth-order valence-corrected chi connectivity index (χ4v) is 2.76. The molecule has 0 amide bonds. The van der Waals surface area contributed by atoms with Gasteiger partial charge in [0.15, 0.2) is 0 Å². The second-order valence-corrected chi connectivity index (χ2v) is 5.43. The van der Waals surface area contributed by atoms with Crippen molar-refractivity contribution in [3.8, 4) is 0 Å². The molecule has 1 aromatic carbocycles. The molecule has 1 atom stereocenters. The number of hydrogen-bond acceptors (Lipinski definition) is 3. The van der Waals surface area contributed by atoms with Crippen molar-refractivity contribution in [2.24, 2.45) is 11.7 Å². The van der Waals surface area contributed by atoms with Gasteiger partial charge in [-0.2, -0.15) is 0 Å². The summed E-state index contributed by atoms with van der Waals surface area (Å²) in [6.07, 6.45) is 1.13. The van der Waals surface area contributed by atoms with E-state index in [1.54, 1.807) is 0 Å². The van der Waals surface area contributed by atoms with Crippen molar-refractivity contribution in [1.29, 1.82) is 0 Å². The summed E-state index contributed by atoms with van der Waals surface area (Å²) in [5.41, 5.74) is 7.13.